The Morgan fingerprint density at radius 1 is 1.43 bits per heavy atom. The third kappa shape index (κ3) is 0.425. The van der Waals surface area contributed by atoms with Crippen molar-refractivity contribution < 1.29 is 0 Å². The van der Waals surface area contributed by atoms with Crippen LogP contribution >= 0.6 is 0 Å². The maximum atomic E-state index is 2.42. The average Bonchev–Trinajstić information content (AvgIpc) is 1.67. The third-order valence-corrected chi connectivity index (χ3v) is 2.11. The van der Waals surface area contributed by atoms with Crippen molar-refractivity contribution in [3.63, 3.8) is 0 Å². The molecule has 2 bridgehead atoms. The molecule has 3 rings (SSSR count). The largest absolute Gasteiger partial charge is 0.0853 e. The molecular formula is C7H10. The van der Waals surface area contributed by atoms with E-state index >= 15 is 0 Å². The van der Waals surface area contributed by atoms with Crippen molar-refractivity contribution in [1.82, 2.24) is 0 Å². The van der Waals surface area contributed by atoms with Crippen LogP contribution in [-0.4, -0.2) is 0 Å². The second-order valence-corrected chi connectivity index (χ2v) is 2.71. The van der Waals surface area contributed by atoms with Crippen molar-refractivity contribution in [2.75, 3.05) is 0 Å². The van der Waals surface area contributed by atoms with Crippen LogP contribution in [0.2, 0.25) is 0 Å². The molecule has 0 amide bonds. The standard InChI is InChI=1S/C7H10/c1-2-6-4-7(3-1)5-6/h2,7H,1,3-5H2. The van der Waals surface area contributed by atoms with Crippen molar-refractivity contribution in [2.45, 2.75) is 25.7 Å². The van der Waals surface area contributed by atoms with Gasteiger partial charge in [-0.1, -0.05) is 11.6 Å². The first-order valence-electron chi connectivity index (χ1n) is 3.13. The molecule has 38 valence electrons. The highest BCUT2D eigenvalue weighted by Crippen LogP contribution is 2.40. The molecule has 0 radical (unpaired) electrons. The minimum Gasteiger partial charge on any atom is -0.0853 e. The van der Waals surface area contributed by atoms with Gasteiger partial charge < -0.3 is 0 Å². The van der Waals surface area contributed by atoms with Crippen LogP contribution in [0.3, 0.4) is 0 Å². The number of rotatable bonds is 0. The minimum atomic E-state index is 1.11. The molecule has 0 atom stereocenters. The second-order valence-electron chi connectivity index (χ2n) is 2.71. The van der Waals surface area contributed by atoms with Gasteiger partial charge in [0.05, 0.1) is 0 Å². The fraction of sp³-hybridized carbons (Fsp3) is 0.714. The van der Waals surface area contributed by atoms with Crippen LogP contribution in [0.1, 0.15) is 25.7 Å². The summed E-state index contributed by atoms with van der Waals surface area (Å²) in [4.78, 5) is 0. The molecule has 7 heavy (non-hydrogen) atoms. The zero-order valence-corrected chi connectivity index (χ0v) is 4.48. The average molecular weight is 94.2 g/mol. The number of fused-ring (bicyclic) bond motifs is 2. The van der Waals surface area contributed by atoms with Gasteiger partial charge in [0.2, 0.25) is 0 Å². The monoisotopic (exact) mass is 94.1 g/mol. The van der Waals surface area contributed by atoms with Crippen molar-refractivity contribution in [3.8, 4) is 0 Å². The molecule has 0 unspecified atom stereocenters. The lowest BCUT2D eigenvalue weighted by Gasteiger charge is -2.33. The molecule has 0 aromatic rings. The number of hydrogen-bond acceptors (Lipinski definition) is 0. The van der Waals surface area contributed by atoms with E-state index in [1.54, 1.807) is 5.57 Å². The molecule has 0 aromatic heterocycles. The van der Waals surface area contributed by atoms with Gasteiger partial charge in [-0.25, -0.2) is 0 Å². The maximum Gasteiger partial charge on any atom is -0.0289 e. The Hall–Kier alpha value is -0.260. The van der Waals surface area contributed by atoms with Gasteiger partial charge in [-0.3, -0.25) is 0 Å². The molecule has 0 saturated heterocycles. The third-order valence-electron chi connectivity index (χ3n) is 2.11. The van der Waals surface area contributed by atoms with E-state index in [-0.39, 0.29) is 0 Å². The van der Waals surface area contributed by atoms with Crippen LogP contribution in [0.4, 0.5) is 0 Å². The normalized spacial score (nSPS) is 28.9. The molecule has 0 spiro atoms. The van der Waals surface area contributed by atoms with Crippen molar-refractivity contribution in [1.29, 1.82) is 0 Å². The van der Waals surface area contributed by atoms with Crippen LogP contribution in [0, 0.1) is 5.92 Å². The zero-order valence-electron chi connectivity index (χ0n) is 4.48. The molecule has 3 aliphatic rings. The lowest BCUT2D eigenvalue weighted by Crippen LogP contribution is -2.18. The molecule has 0 N–H and O–H groups in total. The summed E-state index contributed by atoms with van der Waals surface area (Å²) in [5, 5.41) is 0. The molecular weight excluding hydrogens is 84.1 g/mol. The molecule has 0 nitrogen and oxygen atoms in total. The van der Waals surface area contributed by atoms with Gasteiger partial charge >= 0.3 is 0 Å². The highest BCUT2D eigenvalue weighted by molar-refractivity contribution is 5.16. The summed E-state index contributed by atoms with van der Waals surface area (Å²) in [6.07, 6.45) is 8.16. The Bertz CT molecular complexity index is 103. The van der Waals surface area contributed by atoms with E-state index in [4.69, 9.17) is 0 Å². The van der Waals surface area contributed by atoms with E-state index in [0.717, 1.165) is 5.92 Å². The SMILES string of the molecule is C1=C2CC(CC1)C2. The number of allylic oxidation sites excluding steroid dienone is 2. The Balaban J connectivity index is 2.23. The Morgan fingerprint density at radius 3 is 2.43 bits per heavy atom. The highest BCUT2D eigenvalue weighted by atomic mass is 14.3. The first kappa shape index (κ1) is 3.71. The second kappa shape index (κ2) is 1.12. The smallest absolute Gasteiger partial charge is 0.0289 e. The van der Waals surface area contributed by atoms with Gasteiger partial charge in [-0.2, -0.15) is 0 Å². The van der Waals surface area contributed by atoms with E-state index in [1.807, 2.05) is 0 Å². The van der Waals surface area contributed by atoms with Gasteiger partial charge in [0.25, 0.3) is 0 Å². The van der Waals surface area contributed by atoms with Gasteiger partial charge in [0.1, 0.15) is 0 Å². The van der Waals surface area contributed by atoms with E-state index in [2.05, 4.69) is 6.08 Å². The fourth-order valence-corrected chi connectivity index (χ4v) is 1.58. The van der Waals surface area contributed by atoms with E-state index < -0.39 is 0 Å². The predicted molar refractivity (Wildman–Crippen MR) is 30.0 cm³/mol. The maximum absolute atomic E-state index is 2.42. The van der Waals surface area contributed by atoms with Crippen molar-refractivity contribution in [3.05, 3.63) is 11.6 Å². The van der Waals surface area contributed by atoms with Crippen LogP contribution < -0.4 is 0 Å². The Morgan fingerprint density at radius 2 is 2.29 bits per heavy atom. The van der Waals surface area contributed by atoms with E-state index in [9.17, 15) is 0 Å². The summed E-state index contributed by atoms with van der Waals surface area (Å²) < 4.78 is 0. The van der Waals surface area contributed by atoms with E-state index in [1.165, 1.54) is 25.7 Å². The van der Waals surface area contributed by atoms with Crippen molar-refractivity contribution in [2.24, 2.45) is 5.92 Å². The summed E-state index contributed by atoms with van der Waals surface area (Å²) in [5.74, 6) is 1.11. The van der Waals surface area contributed by atoms with Crippen LogP contribution in [-0.2, 0) is 0 Å². The van der Waals surface area contributed by atoms with Gasteiger partial charge in [0.15, 0.2) is 0 Å². The Labute approximate surface area is 44.2 Å². The molecule has 0 heterocycles. The van der Waals surface area contributed by atoms with Crippen molar-refractivity contribution >= 4 is 0 Å². The minimum absolute atomic E-state index is 1.11. The lowest BCUT2D eigenvalue weighted by molar-refractivity contribution is 0.364. The van der Waals surface area contributed by atoms with Gasteiger partial charge in [-0.05, 0) is 31.6 Å². The van der Waals surface area contributed by atoms with E-state index in [0.29, 0.717) is 0 Å². The number of hydrogen-bond donors (Lipinski definition) is 0. The molecule has 1 saturated carbocycles. The van der Waals surface area contributed by atoms with Crippen LogP contribution in [0.15, 0.2) is 11.6 Å². The van der Waals surface area contributed by atoms with Crippen LogP contribution in [0.5, 0.6) is 0 Å². The Kier molecular flexibility index (Phi) is 0.592. The molecule has 0 heteroatoms. The topological polar surface area (TPSA) is 0 Å². The summed E-state index contributed by atoms with van der Waals surface area (Å²) >= 11 is 0. The van der Waals surface area contributed by atoms with Crippen LogP contribution in [0.25, 0.3) is 0 Å². The molecule has 1 fully saturated rings. The summed E-state index contributed by atoms with van der Waals surface area (Å²) in [5.41, 5.74) is 1.73. The first-order chi connectivity index (χ1) is 3.45. The lowest BCUT2D eigenvalue weighted by atomic mass is 9.73. The molecule has 3 aliphatic carbocycles. The van der Waals surface area contributed by atoms with Gasteiger partial charge in [0, 0.05) is 0 Å². The predicted octanol–water partition coefficient (Wildman–Crippen LogP) is 2.12. The quantitative estimate of drug-likeness (QED) is 0.403. The molecule has 0 aliphatic heterocycles. The molecule has 0 aromatic carbocycles. The first-order valence-corrected chi connectivity index (χ1v) is 3.13. The summed E-state index contributed by atoms with van der Waals surface area (Å²) in [6.45, 7) is 0. The zero-order chi connectivity index (χ0) is 4.69. The summed E-state index contributed by atoms with van der Waals surface area (Å²) in [6, 6.07) is 0. The summed E-state index contributed by atoms with van der Waals surface area (Å²) in [7, 11) is 0. The fourth-order valence-electron chi connectivity index (χ4n) is 1.58. The highest BCUT2D eigenvalue weighted by Gasteiger charge is 2.25. The van der Waals surface area contributed by atoms with Gasteiger partial charge in [-0.15, -0.1) is 0 Å².